The molecule has 5 aromatic rings. The van der Waals surface area contributed by atoms with Crippen molar-refractivity contribution >= 4 is 35.1 Å². The predicted molar refractivity (Wildman–Crippen MR) is 166 cm³/mol. The highest BCUT2D eigenvalue weighted by atomic mass is 32.2. The van der Waals surface area contributed by atoms with Gasteiger partial charge in [0.2, 0.25) is 0 Å². The number of amidine groups is 1. The van der Waals surface area contributed by atoms with Gasteiger partial charge in [0.15, 0.2) is 5.17 Å². The van der Waals surface area contributed by atoms with E-state index in [1.54, 1.807) is 23.4 Å². The predicted octanol–water partition coefficient (Wildman–Crippen LogP) is 8.37. The van der Waals surface area contributed by atoms with Gasteiger partial charge in [-0.05, 0) is 89.6 Å². The molecule has 0 aliphatic carbocycles. The van der Waals surface area contributed by atoms with Gasteiger partial charge in [-0.1, -0.05) is 60.7 Å². The molecule has 7 nitrogen and oxygen atoms in total. The Hall–Kier alpha value is -5.34. The molecule has 8 heteroatoms. The quantitative estimate of drug-likeness (QED) is 0.101. The molecule has 6 rings (SSSR count). The van der Waals surface area contributed by atoms with Gasteiger partial charge in [-0.25, -0.2) is 0 Å². The zero-order chi connectivity index (χ0) is 28.6. The molecule has 1 saturated heterocycles. The van der Waals surface area contributed by atoms with E-state index < -0.39 is 0 Å². The van der Waals surface area contributed by atoms with Crippen LogP contribution in [0.5, 0.6) is 23.0 Å². The molecule has 0 spiro atoms. The monoisotopic (exact) mass is 571 g/mol. The molecule has 4 aromatic carbocycles. The Labute approximate surface area is 247 Å². The summed E-state index contributed by atoms with van der Waals surface area (Å²) in [7, 11) is 0. The van der Waals surface area contributed by atoms with E-state index in [1.807, 2.05) is 121 Å². The molecule has 0 N–H and O–H groups in total. The van der Waals surface area contributed by atoms with Crippen molar-refractivity contribution in [3.8, 4) is 23.0 Å². The molecule has 0 atom stereocenters. The van der Waals surface area contributed by atoms with Crippen LogP contribution in [0.3, 0.4) is 0 Å². The van der Waals surface area contributed by atoms with Crippen LogP contribution in [0, 0.1) is 0 Å². The zero-order valence-corrected chi connectivity index (χ0v) is 23.2. The number of amides is 1. The largest absolute Gasteiger partial charge is 0.467 e. The molecule has 1 amide bonds. The first-order valence-corrected chi connectivity index (χ1v) is 14.0. The van der Waals surface area contributed by atoms with E-state index in [-0.39, 0.29) is 12.5 Å². The topological polar surface area (TPSA) is 76.6 Å². The molecule has 0 radical (unpaired) electrons. The Kier molecular flexibility index (Phi) is 8.24. The van der Waals surface area contributed by atoms with Gasteiger partial charge in [0, 0.05) is 0 Å². The van der Waals surface area contributed by atoms with Gasteiger partial charge in [-0.15, -0.1) is 5.10 Å². The maximum atomic E-state index is 13.5. The van der Waals surface area contributed by atoms with Crippen molar-refractivity contribution in [2.75, 3.05) is 0 Å². The zero-order valence-electron chi connectivity index (χ0n) is 22.4. The van der Waals surface area contributed by atoms with Crippen LogP contribution >= 0.6 is 11.8 Å². The molecule has 0 saturated carbocycles. The van der Waals surface area contributed by atoms with Gasteiger partial charge >= 0.3 is 0 Å². The number of benzene rings is 4. The van der Waals surface area contributed by atoms with E-state index in [0.29, 0.717) is 27.3 Å². The van der Waals surface area contributed by atoms with Crippen molar-refractivity contribution in [3.05, 3.63) is 149 Å². The molecule has 1 aliphatic heterocycles. The lowest BCUT2D eigenvalue weighted by molar-refractivity contribution is -0.122. The summed E-state index contributed by atoms with van der Waals surface area (Å²) in [5.74, 6) is 3.31. The van der Waals surface area contributed by atoms with Crippen LogP contribution in [0.15, 0.2) is 147 Å². The Morgan fingerprint density at radius 1 is 0.714 bits per heavy atom. The minimum Gasteiger partial charge on any atom is -0.467 e. The Morgan fingerprint density at radius 3 is 1.98 bits per heavy atom. The number of hydrogen-bond acceptors (Lipinski definition) is 7. The third-order valence-electron chi connectivity index (χ3n) is 6.10. The molecule has 1 aliphatic rings. The van der Waals surface area contributed by atoms with Gasteiger partial charge in [-0.3, -0.25) is 9.69 Å². The highest BCUT2D eigenvalue weighted by molar-refractivity contribution is 8.18. The van der Waals surface area contributed by atoms with Crippen LogP contribution in [0.1, 0.15) is 16.9 Å². The average molecular weight is 572 g/mol. The first-order valence-electron chi connectivity index (χ1n) is 13.2. The van der Waals surface area contributed by atoms with E-state index >= 15 is 0 Å². The summed E-state index contributed by atoms with van der Waals surface area (Å²) in [5, 5.41) is 9.17. The number of nitrogens with zero attached hydrogens (tertiary/aromatic N) is 3. The van der Waals surface area contributed by atoms with Crippen LogP contribution in [0.2, 0.25) is 0 Å². The first kappa shape index (κ1) is 26.9. The summed E-state index contributed by atoms with van der Waals surface area (Å²) < 4.78 is 17.4. The lowest BCUT2D eigenvalue weighted by Crippen LogP contribution is -2.28. The molecule has 0 bridgehead atoms. The van der Waals surface area contributed by atoms with Crippen molar-refractivity contribution in [1.82, 2.24) is 4.90 Å². The van der Waals surface area contributed by atoms with E-state index in [0.717, 1.165) is 22.6 Å². The summed E-state index contributed by atoms with van der Waals surface area (Å²) >= 11 is 1.26. The van der Waals surface area contributed by atoms with Crippen LogP contribution in [-0.4, -0.2) is 22.2 Å². The summed E-state index contributed by atoms with van der Waals surface area (Å²) in [6.07, 6.45) is 5.04. The highest BCUT2D eigenvalue weighted by Gasteiger charge is 2.34. The van der Waals surface area contributed by atoms with Gasteiger partial charge in [-0.2, -0.15) is 5.10 Å². The van der Waals surface area contributed by atoms with Crippen molar-refractivity contribution in [3.63, 3.8) is 0 Å². The van der Waals surface area contributed by atoms with Crippen LogP contribution in [0.25, 0.3) is 6.08 Å². The summed E-state index contributed by atoms with van der Waals surface area (Å²) in [6.45, 7) is 0.238. The summed E-state index contributed by atoms with van der Waals surface area (Å²) in [4.78, 5) is 15.6. The Balaban J connectivity index is 1.22. The molecule has 206 valence electrons. The van der Waals surface area contributed by atoms with Gasteiger partial charge in [0.05, 0.1) is 23.9 Å². The number of rotatable bonds is 9. The average Bonchev–Trinajstić information content (AvgIpc) is 3.63. The number of carbonyl (C=O) groups is 1. The van der Waals surface area contributed by atoms with E-state index in [2.05, 4.69) is 10.2 Å². The standard InChI is InChI=1S/C34H25N3O4S/c38-33-32(22-25-10-7-16-29(20-25)40-27-12-3-1-4-13-27)42-34(37(33)24-31-18-9-19-39-31)36-35-23-26-11-8-17-30(21-26)41-28-14-5-2-6-15-28/h1-23H,24H2/b32-22-,35-23-,36-34+. The smallest absolute Gasteiger partial charge is 0.267 e. The summed E-state index contributed by atoms with van der Waals surface area (Å²) in [5.41, 5.74) is 1.64. The van der Waals surface area contributed by atoms with Crippen LogP contribution < -0.4 is 9.47 Å². The maximum absolute atomic E-state index is 13.5. The van der Waals surface area contributed by atoms with E-state index in [9.17, 15) is 4.79 Å². The first-order chi connectivity index (χ1) is 20.7. The number of ether oxygens (including phenoxy) is 2. The number of para-hydroxylation sites is 2. The fraction of sp³-hybridized carbons (Fsp3) is 0.0294. The second-order valence-corrected chi connectivity index (χ2v) is 10.2. The van der Waals surface area contributed by atoms with Crippen molar-refractivity contribution in [2.24, 2.45) is 10.2 Å². The lowest BCUT2D eigenvalue weighted by Gasteiger charge is -2.12. The number of furan rings is 1. The maximum Gasteiger partial charge on any atom is 0.267 e. The molecule has 42 heavy (non-hydrogen) atoms. The molecular weight excluding hydrogens is 546 g/mol. The van der Waals surface area contributed by atoms with Crippen molar-refractivity contribution in [1.29, 1.82) is 0 Å². The number of thioether (sulfide) groups is 1. The number of carbonyl (C=O) groups excluding carboxylic acids is 1. The molecule has 1 fully saturated rings. The molecule has 0 unspecified atom stereocenters. The fourth-order valence-corrected chi connectivity index (χ4v) is 5.09. The highest BCUT2D eigenvalue weighted by Crippen LogP contribution is 2.34. The van der Waals surface area contributed by atoms with Crippen LogP contribution in [0.4, 0.5) is 0 Å². The van der Waals surface area contributed by atoms with Crippen LogP contribution in [-0.2, 0) is 11.3 Å². The molecular formula is C34H25N3O4S. The van der Waals surface area contributed by atoms with Gasteiger partial charge in [0.1, 0.15) is 28.8 Å². The SMILES string of the molecule is O=C1/C(=C/c2cccc(Oc3ccccc3)c2)S/C(=N/N=C\c2cccc(Oc3ccccc3)c2)N1Cc1ccco1. The minimum atomic E-state index is -0.182. The van der Waals surface area contributed by atoms with E-state index in [1.165, 1.54) is 11.8 Å². The summed E-state index contributed by atoms with van der Waals surface area (Å²) in [6, 6.07) is 37.9. The Morgan fingerprint density at radius 2 is 1.33 bits per heavy atom. The second kappa shape index (κ2) is 12.9. The third kappa shape index (κ3) is 6.86. The minimum absolute atomic E-state index is 0.182. The van der Waals surface area contributed by atoms with Gasteiger partial charge in [0.25, 0.3) is 5.91 Å². The Bertz CT molecular complexity index is 1750. The molecule has 2 heterocycles. The van der Waals surface area contributed by atoms with Crippen molar-refractivity contribution < 1.29 is 18.7 Å². The van der Waals surface area contributed by atoms with Crippen molar-refractivity contribution in [2.45, 2.75) is 6.54 Å². The number of hydrogen-bond donors (Lipinski definition) is 0. The normalized spacial score (nSPS) is 15.1. The fourth-order valence-electron chi connectivity index (χ4n) is 4.15. The molecule has 1 aromatic heterocycles. The van der Waals surface area contributed by atoms with Gasteiger partial charge < -0.3 is 13.9 Å². The third-order valence-corrected chi connectivity index (χ3v) is 7.10. The van der Waals surface area contributed by atoms with E-state index in [4.69, 9.17) is 13.9 Å². The lowest BCUT2D eigenvalue weighted by atomic mass is 10.2. The second-order valence-electron chi connectivity index (χ2n) is 9.18.